The van der Waals surface area contributed by atoms with Crippen molar-refractivity contribution in [3.8, 4) is 0 Å². The lowest BCUT2D eigenvalue weighted by atomic mass is 9.84. The van der Waals surface area contributed by atoms with Crippen molar-refractivity contribution in [2.24, 2.45) is 5.73 Å². The lowest BCUT2D eigenvalue weighted by Gasteiger charge is -2.40. The first-order valence-corrected chi connectivity index (χ1v) is 8.75. The number of para-hydroxylation sites is 1. The van der Waals surface area contributed by atoms with Gasteiger partial charge in [-0.1, -0.05) is 36.8 Å². The van der Waals surface area contributed by atoms with Gasteiger partial charge >= 0.3 is 0 Å². The molecule has 110 valence electrons. The molecule has 1 saturated carbocycles. The molecule has 0 aliphatic heterocycles. The second-order valence-corrected chi connectivity index (χ2v) is 7.24. The molecule has 5 heteroatoms. The summed E-state index contributed by atoms with van der Waals surface area (Å²) in [6, 6.07) is 9.94. The van der Waals surface area contributed by atoms with E-state index in [4.69, 9.17) is 18.0 Å². The third kappa shape index (κ3) is 2.85. The van der Waals surface area contributed by atoms with Crippen LogP contribution in [0.4, 0.5) is 5.82 Å². The highest BCUT2D eigenvalue weighted by molar-refractivity contribution is 8.00. The van der Waals surface area contributed by atoms with Crippen LogP contribution in [0.5, 0.6) is 0 Å². The van der Waals surface area contributed by atoms with Crippen LogP contribution < -0.4 is 11.1 Å². The molecule has 0 unspecified atom stereocenters. The van der Waals surface area contributed by atoms with Crippen LogP contribution in [0.2, 0.25) is 0 Å². The molecule has 0 bridgehead atoms. The summed E-state index contributed by atoms with van der Waals surface area (Å²) in [4.78, 5) is 5.10. The van der Waals surface area contributed by atoms with Gasteiger partial charge in [-0.15, -0.1) is 0 Å². The monoisotopic (exact) mass is 317 g/mol. The van der Waals surface area contributed by atoms with Gasteiger partial charge in [0.15, 0.2) is 0 Å². The van der Waals surface area contributed by atoms with Crippen molar-refractivity contribution in [1.82, 2.24) is 4.98 Å². The molecule has 3 nitrogen and oxygen atoms in total. The minimum atomic E-state index is 0.372. The zero-order valence-electron chi connectivity index (χ0n) is 12.1. The van der Waals surface area contributed by atoms with Gasteiger partial charge in [0.25, 0.3) is 0 Å². The van der Waals surface area contributed by atoms with E-state index < -0.39 is 0 Å². The number of thioether (sulfide) groups is 1. The van der Waals surface area contributed by atoms with Gasteiger partial charge in [0.05, 0.1) is 5.52 Å². The molecule has 1 aromatic heterocycles. The van der Waals surface area contributed by atoms with E-state index in [1.54, 1.807) is 0 Å². The number of nitrogens with zero attached hydrogens (tertiary/aromatic N) is 1. The first kappa shape index (κ1) is 14.6. The van der Waals surface area contributed by atoms with E-state index >= 15 is 0 Å². The Kier molecular flexibility index (Phi) is 4.04. The number of thiocarbonyl (C=S) groups is 1. The minimum absolute atomic E-state index is 0.372. The summed E-state index contributed by atoms with van der Waals surface area (Å²) >= 11 is 7.13. The lowest BCUT2D eigenvalue weighted by Crippen LogP contribution is -2.40. The molecule has 0 radical (unpaired) electrons. The lowest BCUT2D eigenvalue weighted by molar-refractivity contribution is 0.379. The van der Waals surface area contributed by atoms with Gasteiger partial charge < -0.3 is 11.1 Å². The van der Waals surface area contributed by atoms with Crippen LogP contribution in [0.25, 0.3) is 10.9 Å². The molecule has 1 heterocycles. The third-order valence-electron chi connectivity index (χ3n) is 4.27. The van der Waals surface area contributed by atoms with E-state index in [2.05, 4.69) is 16.6 Å². The van der Waals surface area contributed by atoms with Crippen LogP contribution in [0.1, 0.15) is 24.8 Å². The molecule has 1 aromatic carbocycles. The first-order chi connectivity index (χ1) is 10.1. The fraction of sp³-hybridized carbons (Fsp3) is 0.375. The number of fused-ring (bicyclic) bond motifs is 1. The predicted molar refractivity (Wildman–Crippen MR) is 96.2 cm³/mol. The van der Waals surface area contributed by atoms with Crippen LogP contribution in [0.15, 0.2) is 30.3 Å². The molecule has 1 aliphatic carbocycles. The van der Waals surface area contributed by atoms with Crippen molar-refractivity contribution in [2.75, 3.05) is 18.1 Å². The number of pyridine rings is 1. The summed E-state index contributed by atoms with van der Waals surface area (Å²) in [5.41, 5.74) is 7.69. The number of nitrogens with two attached hydrogens (primary N) is 1. The van der Waals surface area contributed by atoms with E-state index in [1.807, 2.05) is 42.1 Å². The highest BCUT2D eigenvalue weighted by atomic mass is 32.2. The summed E-state index contributed by atoms with van der Waals surface area (Å²) in [7, 11) is 0. The van der Waals surface area contributed by atoms with Crippen LogP contribution in [0, 0.1) is 0 Å². The number of aromatic nitrogens is 1. The van der Waals surface area contributed by atoms with Gasteiger partial charge in [0.2, 0.25) is 0 Å². The minimum Gasteiger partial charge on any atom is -0.389 e. The highest BCUT2D eigenvalue weighted by Gasteiger charge is 2.35. The predicted octanol–water partition coefficient (Wildman–Crippen LogP) is 3.57. The quantitative estimate of drug-likeness (QED) is 0.826. The number of nitrogens with one attached hydrogen (secondary N) is 1. The SMILES string of the molecule is CSC1(CNc2cc(C(N)=S)c3ccccc3n2)CCC1. The van der Waals surface area contributed by atoms with Crippen LogP contribution in [-0.4, -0.2) is 27.5 Å². The summed E-state index contributed by atoms with van der Waals surface area (Å²) in [5, 5.41) is 4.49. The number of benzene rings is 1. The molecule has 1 aliphatic rings. The fourth-order valence-electron chi connectivity index (χ4n) is 2.75. The summed E-state index contributed by atoms with van der Waals surface area (Å²) in [5.74, 6) is 0.858. The van der Waals surface area contributed by atoms with Crippen molar-refractivity contribution in [2.45, 2.75) is 24.0 Å². The third-order valence-corrected chi connectivity index (χ3v) is 5.91. The van der Waals surface area contributed by atoms with E-state index in [-0.39, 0.29) is 0 Å². The number of hydrogen-bond donors (Lipinski definition) is 2. The van der Waals surface area contributed by atoms with Crippen molar-refractivity contribution in [1.29, 1.82) is 0 Å². The second-order valence-electron chi connectivity index (χ2n) is 5.53. The molecule has 3 rings (SSSR count). The molecule has 0 atom stereocenters. The molecule has 21 heavy (non-hydrogen) atoms. The van der Waals surface area contributed by atoms with Gasteiger partial charge in [-0.25, -0.2) is 4.98 Å². The highest BCUT2D eigenvalue weighted by Crippen LogP contribution is 2.42. The van der Waals surface area contributed by atoms with E-state index in [1.165, 1.54) is 19.3 Å². The number of rotatable bonds is 5. The molecule has 3 N–H and O–H groups in total. The maximum atomic E-state index is 5.87. The van der Waals surface area contributed by atoms with Crippen molar-refractivity contribution in [3.63, 3.8) is 0 Å². The molecule has 1 fully saturated rings. The van der Waals surface area contributed by atoms with Crippen molar-refractivity contribution < 1.29 is 0 Å². The first-order valence-electron chi connectivity index (χ1n) is 7.12. The fourth-order valence-corrected chi connectivity index (χ4v) is 3.83. The molecule has 0 saturated heterocycles. The van der Waals surface area contributed by atoms with Crippen molar-refractivity contribution >= 4 is 45.7 Å². The largest absolute Gasteiger partial charge is 0.389 e. The molecular weight excluding hydrogens is 298 g/mol. The van der Waals surface area contributed by atoms with Gasteiger partial charge in [-0.3, -0.25) is 0 Å². The Labute approximate surface area is 134 Å². The summed E-state index contributed by atoms with van der Waals surface area (Å²) < 4.78 is 0.372. The second kappa shape index (κ2) is 5.81. The van der Waals surface area contributed by atoms with Gasteiger partial charge in [-0.2, -0.15) is 11.8 Å². The van der Waals surface area contributed by atoms with E-state index in [9.17, 15) is 0 Å². The Morgan fingerprint density at radius 2 is 2.19 bits per heavy atom. The maximum Gasteiger partial charge on any atom is 0.127 e. The Morgan fingerprint density at radius 3 is 2.81 bits per heavy atom. The average Bonchev–Trinajstić information content (AvgIpc) is 2.45. The molecular formula is C16H19N3S2. The van der Waals surface area contributed by atoms with Gasteiger partial charge in [-0.05, 0) is 31.2 Å². The zero-order valence-corrected chi connectivity index (χ0v) is 13.7. The van der Waals surface area contributed by atoms with Gasteiger partial charge in [0, 0.05) is 22.2 Å². The zero-order chi connectivity index (χ0) is 14.9. The van der Waals surface area contributed by atoms with Crippen LogP contribution >= 0.6 is 24.0 Å². The Morgan fingerprint density at radius 1 is 1.43 bits per heavy atom. The number of anilines is 1. The summed E-state index contributed by atoms with van der Waals surface area (Å²) in [6.07, 6.45) is 6.06. The Bertz CT molecular complexity index is 675. The molecule has 0 spiro atoms. The van der Waals surface area contributed by atoms with Crippen LogP contribution in [-0.2, 0) is 0 Å². The van der Waals surface area contributed by atoms with Crippen LogP contribution in [0.3, 0.4) is 0 Å². The van der Waals surface area contributed by atoms with Gasteiger partial charge in [0.1, 0.15) is 10.8 Å². The van der Waals surface area contributed by atoms with E-state index in [0.717, 1.165) is 28.8 Å². The Hall–Kier alpha value is -1.33. The summed E-state index contributed by atoms with van der Waals surface area (Å²) in [6.45, 7) is 0.941. The topological polar surface area (TPSA) is 50.9 Å². The average molecular weight is 317 g/mol. The Balaban J connectivity index is 1.90. The van der Waals surface area contributed by atoms with E-state index in [0.29, 0.717) is 9.74 Å². The standard InChI is InChI=1S/C16H19N3S2/c1-21-16(7-4-8-16)10-18-14-9-12(15(17)20)11-5-2-3-6-13(11)19-14/h2-3,5-6,9H,4,7-8,10H2,1H3,(H2,17,20)(H,18,19). The molecule has 2 aromatic rings. The van der Waals surface area contributed by atoms with Crippen molar-refractivity contribution in [3.05, 3.63) is 35.9 Å². The normalized spacial score (nSPS) is 16.4. The molecule has 0 amide bonds. The smallest absolute Gasteiger partial charge is 0.127 e. The number of hydrogen-bond acceptors (Lipinski definition) is 4. The maximum absolute atomic E-state index is 5.87.